The average molecular weight is 332 g/mol. The van der Waals surface area contributed by atoms with E-state index in [2.05, 4.69) is 15.4 Å². The van der Waals surface area contributed by atoms with Crippen LogP contribution in [0.2, 0.25) is 10.0 Å². The highest BCUT2D eigenvalue weighted by Crippen LogP contribution is 2.32. The number of thioether (sulfide) groups is 1. The fourth-order valence-electron chi connectivity index (χ4n) is 1.43. The number of rotatable bonds is 4. The van der Waals surface area contributed by atoms with Crippen LogP contribution < -0.4 is 11.1 Å². The lowest BCUT2D eigenvalue weighted by molar-refractivity contribution is -0.113. The van der Waals surface area contributed by atoms with Gasteiger partial charge in [0.25, 0.3) is 0 Å². The molecule has 1 aromatic heterocycles. The molecule has 1 aromatic carbocycles. The number of benzene rings is 1. The van der Waals surface area contributed by atoms with E-state index in [-0.39, 0.29) is 11.7 Å². The molecule has 9 heteroatoms. The van der Waals surface area contributed by atoms with Gasteiger partial charge in [-0.25, -0.2) is 9.67 Å². The predicted molar refractivity (Wildman–Crippen MR) is 81.2 cm³/mol. The Labute approximate surface area is 129 Å². The minimum absolute atomic E-state index is 0.170. The lowest BCUT2D eigenvalue weighted by Gasteiger charge is -2.09. The summed E-state index contributed by atoms with van der Waals surface area (Å²) in [7, 11) is 1.75. The molecule has 0 saturated heterocycles. The number of amides is 1. The van der Waals surface area contributed by atoms with Gasteiger partial charge < -0.3 is 11.1 Å². The summed E-state index contributed by atoms with van der Waals surface area (Å²) in [6, 6.07) is 3.05. The maximum absolute atomic E-state index is 11.9. The van der Waals surface area contributed by atoms with Crippen LogP contribution in [-0.2, 0) is 11.8 Å². The third-order valence-corrected chi connectivity index (χ3v) is 3.96. The number of anilines is 2. The molecule has 0 radical (unpaired) electrons. The topological polar surface area (TPSA) is 85.8 Å². The van der Waals surface area contributed by atoms with Crippen molar-refractivity contribution in [2.24, 2.45) is 7.05 Å². The van der Waals surface area contributed by atoms with E-state index in [1.807, 2.05) is 0 Å². The molecule has 0 saturated carbocycles. The van der Waals surface area contributed by atoms with Crippen LogP contribution in [0.25, 0.3) is 0 Å². The highest BCUT2D eigenvalue weighted by atomic mass is 35.5. The van der Waals surface area contributed by atoms with Crippen molar-refractivity contribution >= 4 is 52.2 Å². The van der Waals surface area contributed by atoms with E-state index in [0.29, 0.717) is 26.6 Å². The molecule has 1 amide bonds. The van der Waals surface area contributed by atoms with E-state index >= 15 is 0 Å². The van der Waals surface area contributed by atoms with Crippen LogP contribution in [0.1, 0.15) is 0 Å². The smallest absolute Gasteiger partial charge is 0.234 e. The quantitative estimate of drug-likeness (QED) is 0.663. The normalized spacial score (nSPS) is 10.6. The first-order valence-electron chi connectivity index (χ1n) is 5.48. The van der Waals surface area contributed by atoms with Gasteiger partial charge in [0.05, 0.1) is 21.5 Å². The molecule has 3 N–H and O–H groups in total. The Bertz CT molecular complexity index is 622. The molecule has 0 bridgehead atoms. The maximum atomic E-state index is 11.9. The number of nitrogens with one attached hydrogen (secondary N) is 1. The largest absolute Gasteiger partial charge is 0.399 e. The second-order valence-corrected chi connectivity index (χ2v) is 5.62. The van der Waals surface area contributed by atoms with E-state index in [1.54, 1.807) is 11.7 Å². The van der Waals surface area contributed by atoms with Gasteiger partial charge in [0.15, 0.2) is 5.16 Å². The second-order valence-electron chi connectivity index (χ2n) is 3.86. The number of aromatic nitrogens is 3. The van der Waals surface area contributed by atoms with E-state index < -0.39 is 0 Å². The molecule has 0 aliphatic heterocycles. The Morgan fingerprint density at radius 1 is 1.45 bits per heavy atom. The van der Waals surface area contributed by atoms with Crippen LogP contribution in [0.15, 0.2) is 23.6 Å². The number of aryl methyl sites for hydroxylation is 1. The number of nitrogens with zero attached hydrogens (tertiary/aromatic N) is 3. The number of nitrogens with two attached hydrogens (primary N) is 1. The Morgan fingerprint density at radius 3 is 2.65 bits per heavy atom. The van der Waals surface area contributed by atoms with Crippen LogP contribution in [0, 0.1) is 0 Å². The number of carbonyl (C=O) groups is 1. The second kappa shape index (κ2) is 6.34. The Morgan fingerprint density at radius 2 is 2.10 bits per heavy atom. The zero-order chi connectivity index (χ0) is 14.7. The molecular formula is C11H11Cl2N5OS. The molecule has 6 nitrogen and oxygen atoms in total. The van der Waals surface area contributed by atoms with Crippen LogP contribution in [0.3, 0.4) is 0 Å². The molecule has 0 spiro atoms. The highest BCUT2D eigenvalue weighted by molar-refractivity contribution is 7.99. The summed E-state index contributed by atoms with van der Waals surface area (Å²) in [6.45, 7) is 0. The number of halogens is 2. The molecule has 0 atom stereocenters. The standard InChI is InChI=1S/C11H11Cl2N5OS/c1-18-11(15-5-16-18)20-4-9(19)17-10-7(12)2-6(14)3-8(10)13/h2-3,5H,4,14H2,1H3,(H,17,19). The van der Waals surface area contributed by atoms with Crippen molar-refractivity contribution in [3.8, 4) is 0 Å². The van der Waals surface area contributed by atoms with Gasteiger partial charge in [-0.1, -0.05) is 35.0 Å². The van der Waals surface area contributed by atoms with Gasteiger partial charge in [0, 0.05) is 12.7 Å². The lowest BCUT2D eigenvalue weighted by atomic mass is 10.3. The van der Waals surface area contributed by atoms with Gasteiger partial charge in [0.2, 0.25) is 5.91 Å². The van der Waals surface area contributed by atoms with Gasteiger partial charge >= 0.3 is 0 Å². The third kappa shape index (κ3) is 3.56. The van der Waals surface area contributed by atoms with Gasteiger partial charge in [-0.3, -0.25) is 4.79 Å². The Hall–Kier alpha value is -1.44. The molecule has 1 heterocycles. The number of carbonyl (C=O) groups excluding carboxylic acids is 1. The van der Waals surface area contributed by atoms with Gasteiger partial charge in [0.1, 0.15) is 6.33 Å². The van der Waals surface area contributed by atoms with Crippen LogP contribution in [0.4, 0.5) is 11.4 Å². The zero-order valence-electron chi connectivity index (χ0n) is 10.4. The van der Waals surface area contributed by atoms with E-state index in [0.717, 1.165) is 0 Å². The van der Waals surface area contributed by atoms with Crippen molar-refractivity contribution in [3.05, 3.63) is 28.5 Å². The number of nitrogen functional groups attached to an aromatic ring is 1. The van der Waals surface area contributed by atoms with Crippen molar-refractivity contribution in [2.75, 3.05) is 16.8 Å². The summed E-state index contributed by atoms with van der Waals surface area (Å²) >= 11 is 13.2. The third-order valence-electron chi connectivity index (χ3n) is 2.33. The molecule has 20 heavy (non-hydrogen) atoms. The monoisotopic (exact) mass is 331 g/mol. The van der Waals surface area contributed by atoms with Crippen molar-refractivity contribution in [1.82, 2.24) is 14.8 Å². The molecule has 0 aliphatic carbocycles. The highest BCUT2D eigenvalue weighted by Gasteiger charge is 2.12. The van der Waals surface area contributed by atoms with Gasteiger partial charge in [-0.15, -0.1) is 0 Å². The van der Waals surface area contributed by atoms with Crippen molar-refractivity contribution in [1.29, 1.82) is 0 Å². The SMILES string of the molecule is Cn1ncnc1SCC(=O)Nc1c(Cl)cc(N)cc1Cl. The number of hydrogen-bond acceptors (Lipinski definition) is 5. The van der Waals surface area contributed by atoms with Crippen molar-refractivity contribution < 1.29 is 4.79 Å². The minimum Gasteiger partial charge on any atom is -0.399 e. The van der Waals surface area contributed by atoms with Crippen molar-refractivity contribution in [3.63, 3.8) is 0 Å². The molecule has 2 aromatic rings. The average Bonchev–Trinajstić information content (AvgIpc) is 2.77. The summed E-state index contributed by atoms with van der Waals surface area (Å²) in [5, 5.41) is 7.81. The first kappa shape index (κ1) is 15.0. The summed E-state index contributed by atoms with van der Waals surface area (Å²) in [5.74, 6) is -0.0737. The molecule has 0 aliphatic rings. The maximum Gasteiger partial charge on any atom is 0.234 e. The fourth-order valence-corrected chi connectivity index (χ4v) is 2.72. The summed E-state index contributed by atoms with van der Waals surface area (Å²) in [6.07, 6.45) is 1.42. The molecule has 0 fully saturated rings. The minimum atomic E-state index is -0.244. The van der Waals surface area contributed by atoms with Gasteiger partial charge in [-0.05, 0) is 12.1 Å². The van der Waals surface area contributed by atoms with E-state index in [1.165, 1.54) is 30.2 Å². The Balaban J connectivity index is 2.00. The fraction of sp³-hybridized carbons (Fsp3) is 0.182. The summed E-state index contributed by atoms with van der Waals surface area (Å²) in [4.78, 5) is 15.9. The summed E-state index contributed by atoms with van der Waals surface area (Å²) in [5.41, 5.74) is 6.38. The lowest BCUT2D eigenvalue weighted by Crippen LogP contribution is -2.15. The zero-order valence-corrected chi connectivity index (χ0v) is 12.8. The molecule has 106 valence electrons. The molecule has 2 rings (SSSR count). The molecular weight excluding hydrogens is 321 g/mol. The number of hydrogen-bond donors (Lipinski definition) is 2. The summed E-state index contributed by atoms with van der Waals surface area (Å²) < 4.78 is 1.58. The van der Waals surface area contributed by atoms with Crippen LogP contribution in [0.5, 0.6) is 0 Å². The van der Waals surface area contributed by atoms with E-state index in [4.69, 9.17) is 28.9 Å². The first-order chi connectivity index (χ1) is 9.47. The predicted octanol–water partition coefficient (Wildman–Crippen LogP) is 2.43. The van der Waals surface area contributed by atoms with Gasteiger partial charge in [-0.2, -0.15) is 5.10 Å². The Kier molecular flexibility index (Phi) is 4.74. The van der Waals surface area contributed by atoms with E-state index in [9.17, 15) is 4.79 Å². The first-order valence-corrected chi connectivity index (χ1v) is 7.22. The van der Waals surface area contributed by atoms with Crippen LogP contribution in [-0.4, -0.2) is 26.4 Å². The van der Waals surface area contributed by atoms with Crippen LogP contribution >= 0.6 is 35.0 Å². The molecule has 0 unspecified atom stereocenters. The van der Waals surface area contributed by atoms with Crippen molar-refractivity contribution in [2.45, 2.75) is 5.16 Å².